The Morgan fingerprint density at radius 1 is 0.812 bits per heavy atom. The van der Waals surface area contributed by atoms with Crippen LogP contribution in [0.25, 0.3) is 0 Å². The van der Waals surface area contributed by atoms with E-state index in [1.54, 1.807) is 58.2 Å². The van der Waals surface area contributed by atoms with Crippen LogP contribution in [0.5, 0.6) is 0 Å². The van der Waals surface area contributed by atoms with Crippen LogP contribution in [0.15, 0.2) is 41.8 Å². The molecule has 0 aromatic heterocycles. The van der Waals surface area contributed by atoms with E-state index in [0.717, 1.165) is 5.56 Å². The average molecular weight is 1150 g/mol. The number of benzene rings is 1. The first-order valence-electron chi connectivity index (χ1n) is 27.8. The Labute approximate surface area is 478 Å². The second-order valence-electron chi connectivity index (χ2n) is 21.1. The quantitative estimate of drug-likeness (QED) is 0.0367. The smallest absolute Gasteiger partial charge is 0.328 e. The highest BCUT2D eigenvalue weighted by Crippen LogP contribution is 2.30. The van der Waals surface area contributed by atoms with Crippen molar-refractivity contribution in [3.63, 3.8) is 0 Å². The summed E-state index contributed by atoms with van der Waals surface area (Å²) < 4.78 is 22.2. The van der Waals surface area contributed by atoms with Crippen LogP contribution >= 0.6 is 11.8 Å². The van der Waals surface area contributed by atoms with Crippen molar-refractivity contribution in [2.75, 3.05) is 87.7 Å². The van der Waals surface area contributed by atoms with Crippen LogP contribution in [0.4, 0.5) is 0 Å². The molecule has 5 N–H and O–H groups in total. The molecule has 0 aliphatic carbocycles. The summed E-state index contributed by atoms with van der Waals surface area (Å²) >= 11 is 1.31. The number of likely N-dealkylation sites (tertiary alicyclic amines) is 1. The number of carbonyl (C=O) groups excluding carboxylic acids is 9. The van der Waals surface area contributed by atoms with Gasteiger partial charge in [0, 0.05) is 79.8 Å². The molecule has 10 atom stereocenters. The number of rotatable bonds is 36. The highest BCUT2D eigenvalue weighted by Gasteiger charge is 2.44. The second-order valence-corrected chi connectivity index (χ2v) is 21.8. The summed E-state index contributed by atoms with van der Waals surface area (Å²) in [5.74, 6) is -5.95. The third-order valence-electron chi connectivity index (χ3n) is 14.7. The van der Waals surface area contributed by atoms with Crippen LogP contribution in [0.2, 0.25) is 0 Å². The van der Waals surface area contributed by atoms with E-state index < -0.39 is 108 Å². The van der Waals surface area contributed by atoms with E-state index in [0.29, 0.717) is 25.8 Å². The van der Waals surface area contributed by atoms with E-state index in [4.69, 9.17) is 24.1 Å². The Hall–Kier alpha value is -5.62. The summed E-state index contributed by atoms with van der Waals surface area (Å²) in [6.07, 6.45) is 3.34. The van der Waals surface area contributed by atoms with Gasteiger partial charge in [0.1, 0.15) is 24.2 Å². The second kappa shape index (κ2) is 36.7. The summed E-state index contributed by atoms with van der Waals surface area (Å²) in [5.41, 5.74) is 0.838. The summed E-state index contributed by atoms with van der Waals surface area (Å²) in [6, 6.07) is 3.98. The summed E-state index contributed by atoms with van der Waals surface area (Å²) in [7, 11) is 7.33. The first kappa shape index (κ1) is 70.5. The van der Waals surface area contributed by atoms with Gasteiger partial charge in [-0.3, -0.25) is 38.4 Å². The molecule has 0 spiro atoms. The van der Waals surface area contributed by atoms with E-state index in [9.17, 15) is 43.2 Å². The number of carbonyl (C=O) groups is 9. The maximum absolute atomic E-state index is 14.8. The lowest BCUT2D eigenvalue weighted by Gasteiger charge is -2.41. The number of likely N-dealkylation sites (N-methyl/N-ethyl adjacent to an activating group) is 2. The van der Waals surface area contributed by atoms with Gasteiger partial charge in [0.05, 0.1) is 63.6 Å². The van der Waals surface area contributed by atoms with Gasteiger partial charge in [0.15, 0.2) is 0 Å². The molecule has 22 nitrogen and oxygen atoms in total. The van der Waals surface area contributed by atoms with Crippen LogP contribution in [-0.4, -0.2) is 214 Å². The normalized spacial score (nSPS) is 16.8. The maximum atomic E-state index is 14.8. The predicted molar refractivity (Wildman–Crippen MR) is 305 cm³/mol. The zero-order valence-electron chi connectivity index (χ0n) is 49.8. The Morgan fingerprint density at radius 3 is 2.02 bits per heavy atom. The van der Waals surface area contributed by atoms with Crippen molar-refractivity contribution in [2.45, 2.75) is 149 Å². The third kappa shape index (κ3) is 22.0. The molecule has 1 aromatic rings. The number of ether oxygens (including phenoxy) is 4. The largest absolute Gasteiger partial charge is 0.467 e. The number of esters is 1. The van der Waals surface area contributed by atoms with E-state index in [1.807, 2.05) is 44.2 Å². The van der Waals surface area contributed by atoms with Gasteiger partial charge < -0.3 is 64.9 Å². The fourth-order valence-electron chi connectivity index (χ4n) is 10.1. The van der Waals surface area contributed by atoms with Gasteiger partial charge in [-0.25, -0.2) is 4.79 Å². The number of hydrogen-bond acceptors (Lipinski definition) is 15. The highest BCUT2D eigenvalue weighted by atomic mass is 32.2. The van der Waals surface area contributed by atoms with Crippen molar-refractivity contribution in [1.82, 2.24) is 40.9 Å². The summed E-state index contributed by atoms with van der Waals surface area (Å²) in [5, 5.41) is 21.6. The van der Waals surface area contributed by atoms with Gasteiger partial charge in [-0.05, 0) is 54.7 Å². The van der Waals surface area contributed by atoms with Gasteiger partial charge in [0.2, 0.25) is 47.3 Å². The average Bonchev–Trinajstić information content (AvgIpc) is 3.92. The van der Waals surface area contributed by atoms with Crippen molar-refractivity contribution in [2.24, 2.45) is 23.7 Å². The number of nitrogens with one attached hydrogen (secondary N) is 4. The number of thioether (sulfide) groups is 1. The molecule has 1 unspecified atom stereocenters. The SMILES string of the molecule is CC[C@H](C)[C@@H]([C@@H](CC(=O)N1CCC[C@H]1[C@H](OC)[C@@H](C)C(=O)N[C@@H](Cc1ccccc1)C(=O)OC)OC)N(C)C(=O)[C@@H](NC(=O)[C@@H](C(C)C)N(C)C(=O)C(C)NC(=O)CCN(CCC(=O)NCCOCCO)C(=O)/C=C/SC)C(C)C. The number of nitrogens with zero attached hydrogens (tertiary/aromatic N) is 4. The molecular weight excluding hydrogens is 1050 g/mol. The van der Waals surface area contributed by atoms with Gasteiger partial charge >= 0.3 is 5.97 Å². The number of aliphatic hydroxyl groups is 1. The number of methoxy groups -OCH3 is 3. The Morgan fingerprint density at radius 2 is 1.46 bits per heavy atom. The third-order valence-corrected chi connectivity index (χ3v) is 15.1. The fourth-order valence-corrected chi connectivity index (χ4v) is 10.3. The van der Waals surface area contributed by atoms with Crippen LogP contribution < -0.4 is 21.3 Å². The molecule has 0 radical (unpaired) electrons. The van der Waals surface area contributed by atoms with E-state index in [2.05, 4.69) is 21.3 Å². The molecule has 23 heteroatoms. The minimum Gasteiger partial charge on any atom is -0.467 e. The molecule has 452 valence electrons. The molecule has 0 bridgehead atoms. The van der Waals surface area contributed by atoms with Crippen LogP contribution in [0.1, 0.15) is 99.5 Å². The Balaban J connectivity index is 2.23. The van der Waals surface area contributed by atoms with E-state index in [-0.39, 0.29) is 82.9 Å². The first-order valence-corrected chi connectivity index (χ1v) is 29.1. The molecule has 1 aliphatic heterocycles. The lowest BCUT2D eigenvalue weighted by Crippen LogP contribution is -2.61. The van der Waals surface area contributed by atoms with Gasteiger partial charge in [0.25, 0.3) is 0 Å². The molecule has 8 amide bonds. The standard InChI is InChI=1S/C57H94N8O14S/c1-15-38(6)51(44(76-11)35-48(70)65-27-19-22-43(65)52(77-12)39(7)53(71)60-42(57(75)78-13)34-41-20-17-16-18-21-41)63(10)56(74)49(36(2)3)61-54(72)50(37(4)5)62(9)55(73)40(8)59-46(68)24-29-64(47(69)25-33-80-14)28-23-45(67)58-26-31-79-32-30-66/h16-18,20-21,25,33,36-40,42-44,49-52,66H,15,19,22-24,26-32,34-35H2,1-14H3,(H,58,67)(H,59,68)(H,60,71)(H,61,72)/b33-25+/t38-,39+,40?,42-,43-,44+,49-,50+,51-,52+/m0/s1. The molecule has 0 saturated carbocycles. The van der Waals surface area contributed by atoms with Crippen LogP contribution in [0.3, 0.4) is 0 Å². The van der Waals surface area contributed by atoms with Crippen molar-refractivity contribution in [1.29, 1.82) is 0 Å². The van der Waals surface area contributed by atoms with Crippen LogP contribution in [0, 0.1) is 23.7 Å². The zero-order chi connectivity index (χ0) is 60.2. The maximum Gasteiger partial charge on any atom is 0.328 e. The molecular formula is C57H94N8O14S. The summed E-state index contributed by atoms with van der Waals surface area (Å²) in [6.45, 7) is 15.1. The van der Waals surface area contributed by atoms with E-state index >= 15 is 0 Å². The first-order chi connectivity index (χ1) is 37.9. The van der Waals surface area contributed by atoms with Crippen molar-refractivity contribution in [3.05, 3.63) is 47.4 Å². The van der Waals surface area contributed by atoms with Crippen molar-refractivity contribution >= 4 is 65.0 Å². The Kier molecular flexibility index (Phi) is 32.3. The molecule has 2 rings (SSSR count). The fraction of sp³-hybridized carbons (Fsp3) is 0.702. The monoisotopic (exact) mass is 1150 g/mol. The number of aliphatic hydroxyl groups excluding tert-OH is 1. The highest BCUT2D eigenvalue weighted by molar-refractivity contribution is 8.01. The van der Waals surface area contributed by atoms with Gasteiger partial charge in [-0.1, -0.05) is 85.2 Å². The summed E-state index contributed by atoms with van der Waals surface area (Å²) in [4.78, 5) is 129. The molecule has 1 saturated heterocycles. The number of amides is 8. The minimum absolute atomic E-state index is 0.0231. The van der Waals surface area contributed by atoms with Crippen molar-refractivity contribution in [3.8, 4) is 0 Å². The number of hydrogen-bond donors (Lipinski definition) is 5. The molecule has 1 aliphatic rings. The lowest BCUT2D eigenvalue weighted by molar-refractivity contribution is -0.149. The van der Waals surface area contributed by atoms with E-state index in [1.165, 1.54) is 67.8 Å². The molecule has 1 fully saturated rings. The lowest BCUT2D eigenvalue weighted by atomic mass is 9.89. The topological polar surface area (TPSA) is 272 Å². The molecule has 1 heterocycles. The Bertz CT molecular complexity index is 2170. The van der Waals surface area contributed by atoms with Crippen molar-refractivity contribution < 1.29 is 67.2 Å². The molecule has 1 aromatic carbocycles. The van der Waals surface area contributed by atoms with Gasteiger partial charge in [-0.15, -0.1) is 11.8 Å². The minimum atomic E-state index is -1.09. The van der Waals surface area contributed by atoms with Crippen LogP contribution in [-0.2, 0) is 68.5 Å². The zero-order valence-corrected chi connectivity index (χ0v) is 50.6. The van der Waals surface area contributed by atoms with Gasteiger partial charge in [-0.2, -0.15) is 0 Å². The predicted octanol–water partition coefficient (Wildman–Crippen LogP) is 2.55. The molecule has 80 heavy (non-hydrogen) atoms.